The quantitative estimate of drug-likeness (QED) is 0.809. The minimum absolute atomic E-state index is 0.00210. The number of hydrogen-bond acceptors (Lipinski definition) is 2. The maximum atomic E-state index is 12.5. The summed E-state index contributed by atoms with van der Waals surface area (Å²) in [6.45, 7) is 2.52. The van der Waals surface area contributed by atoms with Crippen molar-refractivity contribution in [1.82, 2.24) is 4.90 Å². The minimum atomic E-state index is -0.235. The van der Waals surface area contributed by atoms with Crippen molar-refractivity contribution in [3.8, 4) is 0 Å². The molecule has 2 atom stereocenters. The molecule has 0 N–H and O–H groups in total. The van der Waals surface area contributed by atoms with Crippen LogP contribution in [-0.4, -0.2) is 23.1 Å². The number of carbonyl (C=O) groups is 2. The Kier molecular flexibility index (Phi) is 4.05. The molecule has 3 rings (SSSR count). The van der Waals surface area contributed by atoms with Gasteiger partial charge in [0, 0.05) is 24.4 Å². The van der Waals surface area contributed by atoms with Gasteiger partial charge < -0.3 is 4.90 Å². The van der Waals surface area contributed by atoms with E-state index in [2.05, 4.69) is 0 Å². The lowest BCUT2D eigenvalue weighted by atomic mass is 9.97. The molecule has 22 heavy (non-hydrogen) atoms. The number of hydrogen-bond donors (Lipinski definition) is 0. The molecule has 1 saturated heterocycles. The molecule has 1 aliphatic rings. The highest BCUT2D eigenvalue weighted by Gasteiger charge is 2.37. The molecular weight excluding hydrogens is 274 g/mol. The first kappa shape index (κ1) is 14.5. The Morgan fingerprint density at radius 1 is 1.05 bits per heavy atom. The van der Waals surface area contributed by atoms with Crippen LogP contribution in [0.25, 0.3) is 0 Å². The van der Waals surface area contributed by atoms with Crippen LogP contribution >= 0.6 is 0 Å². The highest BCUT2D eigenvalue weighted by molar-refractivity contribution is 6.01. The Hall–Kier alpha value is -2.42. The Labute approximate surface area is 130 Å². The van der Waals surface area contributed by atoms with Crippen molar-refractivity contribution in [2.75, 3.05) is 6.54 Å². The number of nitrogens with zero attached hydrogens (tertiary/aromatic N) is 1. The number of rotatable bonds is 4. The fourth-order valence-electron chi connectivity index (χ4n) is 3.03. The number of ketones is 1. The highest BCUT2D eigenvalue weighted by Crippen LogP contribution is 2.30. The third kappa shape index (κ3) is 2.80. The van der Waals surface area contributed by atoms with Gasteiger partial charge in [-0.15, -0.1) is 0 Å². The lowest BCUT2D eigenvalue weighted by Crippen LogP contribution is -2.29. The minimum Gasteiger partial charge on any atom is -0.335 e. The fourth-order valence-corrected chi connectivity index (χ4v) is 3.03. The van der Waals surface area contributed by atoms with Crippen LogP contribution in [0.5, 0.6) is 0 Å². The second-order valence-corrected chi connectivity index (χ2v) is 5.76. The first-order valence-electron chi connectivity index (χ1n) is 7.60. The average molecular weight is 293 g/mol. The summed E-state index contributed by atoms with van der Waals surface area (Å²) in [6, 6.07) is 19.2. The molecule has 2 aromatic carbocycles. The molecule has 1 aliphatic heterocycles. The topological polar surface area (TPSA) is 37.4 Å². The fraction of sp³-hybridized carbons (Fsp3) is 0.263. The van der Waals surface area contributed by atoms with Gasteiger partial charge in [0.15, 0.2) is 5.78 Å². The first-order chi connectivity index (χ1) is 10.7. The van der Waals surface area contributed by atoms with Gasteiger partial charge in [-0.3, -0.25) is 9.59 Å². The standard InChI is InChI=1S/C19H19NO2/c1-14(15-8-4-2-5-9-15)20-13-17(12-18(20)21)19(22)16-10-6-3-7-11-16/h2-11,14,17H,12-13H2,1H3. The summed E-state index contributed by atoms with van der Waals surface area (Å²) in [6.07, 6.45) is 0.310. The first-order valence-corrected chi connectivity index (χ1v) is 7.60. The average Bonchev–Trinajstić information content (AvgIpc) is 2.97. The van der Waals surface area contributed by atoms with Gasteiger partial charge >= 0.3 is 0 Å². The van der Waals surface area contributed by atoms with Crippen molar-refractivity contribution in [2.45, 2.75) is 19.4 Å². The van der Waals surface area contributed by atoms with Crippen molar-refractivity contribution < 1.29 is 9.59 Å². The normalized spacial score (nSPS) is 19.2. The SMILES string of the molecule is CC(c1ccccc1)N1CC(C(=O)c2ccccc2)CC1=O. The Balaban J connectivity index is 1.75. The molecule has 0 saturated carbocycles. The molecule has 0 radical (unpaired) electrons. The van der Waals surface area contributed by atoms with Crippen LogP contribution in [0.4, 0.5) is 0 Å². The molecule has 3 heteroatoms. The Morgan fingerprint density at radius 3 is 2.27 bits per heavy atom. The largest absolute Gasteiger partial charge is 0.335 e. The molecule has 1 fully saturated rings. The zero-order valence-corrected chi connectivity index (χ0v) is 12.6. The van der Waals surface area contributed by atoms with E-state index in [0.717, 1.165) is 5.56 Å². The van der Waals surface area contributed by atoms with Gasteiger partial charge in [0.05, 0.1) is 6.04 Å². The van der Waals surface area contributed by atoms with E-state index in [0.29, 0.717) is 18.5 Å². The maximum absolute atomic E-state index is 12.5. The number of carbonyl (C=O) groups excluding carboxylic acids is 2. The van der Waals surface area contributed by atoms with Crippen molar-refractivity contribution in [2.24, 2.45) is 5.92 Å². The third-order valence-electron chi connectivity index (χ3n) is 4.34. The van der Waals surface area contributed by atoms with E-state index in [1.54, 1.807) is 0 Å². The van der Waals surface area contributed by atoms with Crippen LogP contribution in [0.2, 0.25) is 0 Å². The number of amides is 1. The van der Waals surface area contributed by atoms with Crippen LogP contribution in [-0.2, 0) is 4.79 Å². The summed E-state index contributed by atoms with van der Waals surface area (Å²) in [5, 5.41) is 0. The Bertz CT molecular complexity index is 666. The summed E-state index contributed by atoms with van der Waals surface area (Å²) >= 11 is 0. The summed E-state index contributed by atoms with van der Waals surface area (Å²) in [4.78, 5) is 26.6. The Morgan fingerprint density at radius 2 is 1.64 bits per heavy atom. The maximum Gasteiger partial charge on any atom is 0.223 e. The predicted molar refractivity (Wildman–Crippen MR) is 85.4 cm³/mol. The van der Waals surface area contributed by atoms with Gasteiger partial charge in [0.1, 0.15) is 0 Å². The third-order valence-corrected chi connectivity index (χ3v) is 4.34. The van der Waals surface area contributed by atoms with Crippen LogP contribution < -0.4 is 0 Å². The van der Waals surface area contributed by atoms with Crippen LogP contribution in [0.1, 0.15) is 35.3 Å². The van der Waals surface area contributed by atoms with Crippen molar-refractivity contribution in [3.63, 3.8) is 0 Å². The molecule has 2 unspecified atom stereocenters. The lowest BCUT2D eigenvalue weighted by Gasteiger charge is -2.25. The van der Waals surface area contributed by atoms with E-state index in [1.807, 2.05) is 72.5 Å². The summed E-state index contributed by atoms with van der Waals surface area (Å²) in [5.74, 6) is -0.108. The van der Waals surface area contributed by atoms with Crippen molar-refractivity contribution >= 4 is 11.7 Å². The predicted octanol–water partition coefficient (Wildman–Crippen LogP) is 3.48. The molecule has 3 nitrogen and oxygen atoms in total. The van der Waals surface area contributed by atoms with E-state index in [9.17, 15) is 9.59 Å². The molecule has 0 bridgehead atoms. The van der Waals surface area contributed by atoms with E-state index >= 15 is 0 Å². The smallest absolute Gasteiger partial charge is 0.223 e. The van der Waals surface area contributed by atoms with Gasteiger partial charge in [-0.25, -0.2) is 0 Å². The van der Waals surface area contributed by atoms with Crippen molar-refractivity contribution in [3.05, 3.63) is 71.8 Å². The van der Waals surface area contributed by atoms with E-state index in [4.69, 9.17) is 0 Å². The van der Waals surface area contributed by atoms with Crippen LogP contribution in [0.15, 0.2) is 60.7 Å². The van der Waals surface area contributed by atoms with E-state index in [1.165, 1.54) is 0 Å². The second-order valence-electron chi connectivity index (χ2n) is 5.76. The van der Waals surface area contributed by atoms with E-state index in [-0.39, 0.29) is 23.7 Å². The monoisotopic (exact) mass is 293 g/mol. The summed E-state index contributed by atoms with van der Waals surface area (Å²) < 4.78 is 0. The number of Topliss-reactive ketones (excluding diaryl/α,β-unsaturated/α-hetero) is 1. The molecular formula is C19H19NO2. The van der Waals surface area contributed by atoms with E-state index < -0.39 is 0 Å². The highest BCUT2D eigenvalue weighted by atomic mass is 16.2. The zero-order valence-electron chi connectivity index (χ0n) is 12.6. The lowest BCUT2D eigenvalue weighted by molar-refractivity contribution is -0.129. The summed E-state index contributed by atoms with van der Waals surface area (Å²) in [7, 11) is 0. The zero-order chi connectivity index (χ0) is 15.5. The second kappa shape index (κ2) is 6.14. The van der Waals surface area contributed by atoms with Crippen LogP contribution in [0, 0.1) is 5.92 Å². The van der Waals surface area contributed by atoms with Gasteiger partial charge in [-0.05, 0) is 12.5 Å². The van der Waals surface area contributed by atoms with Gasteiger partial charge in [-0.1, -0.05) is 60.7 Å². The van der Waals surface area contributed by atoms with Gasteiger partial charge in [-0.2, -0.15) is 0 Å². The molecule has 1 amide bonds. The van der Waals surface area contributed by atoms with Gasteiger partial charge in [0.2, 0.25) is 5.91 Å². The molecule has 0 spiro atoms. The molecule has 1 heterocycles. The van der Waals surface area contributed by atoms with Crippen LogP contribution in [0.3, 0.4) is 0 Å². The number of benzene rings is 2. The van der Waals surface area contributed by atoms with Gasteiger partial charge in [0.25, 0.3) is 0 Å². The molecule has 112 valence electrons. The molecule has 0 aliphatic carbocycles. The molecule has 2 aromatic rings. The van der Waals surface area contributed by atoms with Crippen molar-refractivity contribution in [1.29, 1.82) is 0 Å². The molecule has 0 aromatic heterocycles. The number of likely N-dealkylation sites (tertiary alicyclic amines) is 1. The summed E-state index contributed by atoms with van der Waals surface area (Å²) in [5.41, 5.74) is 1.79.